The Morgan fingerprint density at radius 2 is 1.95 bits per heavy atom. The molecule has 0 radical (unpaired) electrons. The Morgan fingerprint density at radius 1 is 1.16 bits per heavy atom. The molecular weight excluding hydrogens is 263 g/mol. The van der Waals surface area contributed by atoms with Gasteiger partial charge in [0.05, 0.1) is 0 Å². The molecule has 0 atom stereocenters. The van der Waals surface area contributed by atoms with E-state index in [0.29, 0.717) is 29.4 Å². The number of hydrogen-bond acceptors (Lipinski definition) is 2. The molecule has 2 nitrogen and oxygen atoms in total. The summed E-state index contributed by atoms with van der Waals surface area (Å²) in [6.07, 6.45) is 0. The van der Waals surface area contributed by atoms with Crippen molar-refractivity contribution < 1.29 is 4.39 Å². The van der Waals surface area contributed by atoms with E-state index >= 15 is 0 Å². The van der Waals surface area contributed by atoms with Crippen molar-refractivity contribution in [2.24, 2.45) is 0 Å². The van der Waals surface area contributed by atoms with Crippen molar-refractivity contribution >= 4 is 17.3 Å². The lowest BCUT2D eigenvalue weighted by atomic mass is 10.1. The molecular formula is C15H16ClFN2. The molecule has 2 N–H and O–H groups in total. The van der Waals surface area contributed by atoms with Gasteiger partial charge in [-0.05, 0) is 36.9 Å². The summed E-state index contributed by atoms with van der Waals surface area (Å²) in [6.45, 7) is 1.24. The van der Waals surface area contributed by atoms with E-state index in [9.17, 15) is 4.39 Å². The van der Waals surface area contributed by atoms with Crippen LogP contribution < -0.4 is 5.73 Å². The van der Waals surface area contributed by atoms with Gasteiger partial charge in [-0.2, -0.15) is 0 Å². The Balaban J connectivity index is 2.03. The summed E-state index contributed by atoms with van der Waals surface area (Å²) in [5.74, 6) is -0.266. The van der Waals surface area contributed by atoms with Crippen LogP contribution in [0.5, 0.6) is 0 Å². The highest BCUT2D eigenvalue weighted by molar-refractivity contribution is 6.30. The zero-order valence-corrected chi connectivity index (χ0v) is 11.5. The molecule has 4 heteroatoms. The molecule has 100 valence electrons. The number of nitrogen functional groups attached to an aromatic ring is 1. The van der Waals surface area contributed by atoms with Gasteiger partial charge < -0.3 is 5.73 Å². The van der Waals surface area contributed by atoms with Crippen molar-refractivity contribution in [3.8, 4) is 0 Å². The normalized spacial score (nSPS) is 10.9. The van der Waals surface area contributed by atoms with Crippen LogP contribution in [0.3, 0.4) is 0 Å². The second kappa shape index (κ2) is 6.04. The third kappa shape index (κ3) is 3.94. The van der Waals surface area contributed by atoms with E-state index in [4.69, 9.17) is 17.3 Å². The number of halogens is 2. The molecule has 0 heterocycles. The van der Waals surface area contributed by atoms with Gasteiger partial charge in [0.1, 0.15) is 5.82 Å². The molecule has 0 aromatic heterocycles. The summed E-state index contributed by atoms with van der Waals surface area (Å²) in [5.41, 5.74) is 7.71. The molecule has 0 amide bonds. The van der Waals surface area contributed by atoms with E-state index in [-0.39, 0.29) is 5.82 Å². The molecule has 0 unspecified atom stereocenters. The van der Waals surface area contributed by atoms with Gasteiger partial charge in [-0.3, -0.25) is 4.90 Å². The highest BCUT2D eigenvalue weighted by Gasteiger charge is 2.07. The summed E-state index contributed by atoms with van der Waals surface area (Å²) >= 11 is 5.94. The monoisotopic (exact) mass is 278 g/mol. The second-order valence-electron chi connectivity index (χ2n) is 4.65. The fraction of sp³-hybridized carbons (Fsp3) is 0.200. The Kier molecular flexibility index (Phi) is 4.40. The van der Waals surface area contributed by atoms with Crippen LogP contribution in [-0.4, -0.2) is 11.9 Å². The first-order valence-electron chi connectivity index (χ1n) is 6.01. The third-order valence-electron chi connectivity index (χ3n) is 2.86. The molecule has 2 aromatic rings. The number of benzene rings is 2. The van der Waals surface area contributed by atoms with E-state index in [1.54, 1.807) is 12.1 Å². The summed E-state index contributed by atoms with van der Waals surface area (Å²) in [6, 6.07) is 12.5. The molecule has 0 aliphatic heterocycles. The fourth-order valence-electron chi connectivity index (χ4n) is 1.99. The van der Waals surface area contributed by atoms with Crippen LogP contribution in [0.1, 0.15) is 11.1 Å². The van der Waals surface area contributed by atoms with Crippen molar-refractivity contribution in [3.63, 3.8) is 0 Å². The van der Waals surface area contributed by atoms with Crippen molar-refractivity contribution in [3.05, 3.63) is 64.4 Å². The number of anilines is 1. The summed E-state index contributed by atoms with van der Waals surface area (Å²) in [5, 5.41) is 0.713. The summed E-state index contributed by atoms with van der Waals surface area (Å²) < 4.78 is 13.7. The van der Waals surface area contributed by atoms with Crippen LogP contribution in [0.25, 0.3) is 0 Å². The lowest BCUT2D eigenvalue weighted by Crippen LogP contribution is -2.18. The van der Waals surface area contributed by atoms with Gasteiger partial charge in [0.2, 0.25) is 0 Å². The number of nitrogens with two attached hydrogens (primary N) is 1. The predicted octanol–water partition coefficient (Wildman–Crippen LogP) is 3.69. The Bertz CT molecular complexity index is 572. The molecule has 0 aliphatic rings. The topological polar surface area (TPSA) is 29.3 Å². The minimum atomic E-state index is -0.266. The molecule has 2 aromatic carbocycles. The van der Waals surface area contributed by atoms with Crippen LogP contribution >= 0.6 is 11.6 Å². The summed E-state index contributed by atoms with van der Waals surface area (Å²) in [7, 11) is 1.94. The van der Waals surface area contributed by atoms with Crippen LogP contribution in [-0.2, 0) is 13.1 Å². The fourth-order valence-corrected chi connectivity index (χ4v) is 2.20. The second-order valence-corrected chi connectivity index (χ2v) is 5.09. The zero-order chi connectivity index (χ0) is 13.8. The first kappa shape index (κ1) is 13.8. The number of hydrogen-bond donors (Lipinski definition) is 1. The molecule has 0 saturated heterocycles. The van der Waals surface area contributed by atoms with Crippen LogP contribution in [0, 0.1) is 5.82 Å². The van der Waals surface area contributed by atoms with Crippen molar-refractivity contribution in [2.45, 2.75) is 13.1 Å². The minimum Gasteiger partial charge on any atom is -0.399 e. The smallest absolute Gasteiger partial charge is 0.129 e. The van der Waals surface area contributed by atoms with Crippen molar-refractivity contribution in [2.75, 3.05) is 12.8 Å². The van der Waals surface area contributed by atoms with Gasteiger partial charge in [0.15, 0.2) is 0 Å². The van der Waals surface area contributed by atoms with Gasteiger partial charge >= 0.3 is 0 Å². The number of rotatable bonds is 4. The third-order valence-corrected chi connectivity index (χ3v) is 3.09. The number of nitrogens with zero attached hydrogens (tertiary/aromatic N) is 1. The highest BCUT2D eigenvalue weighted by atomic mass is 35.5. The molecule has 0 fully saturated rings. The minimum absolute atomic E-state index is 0.266. The molecule has 0 aliphatic carbocycles. The first-order valence-corrected chi connectivity index (χ1v) is 6.39. The summed E-state index contributed by atoms with van der Waals surface area (Å²) in [4.78, 5) is 2.03. The molecule has 2 rings (SSSR count). The van der Waals surface area contributed by atoms with Gasteiger partial charge in [0.25, 0.3) is 0 Å². The van der Waals surface area contributed by atoms with E-state index in [1.807, 2.05) is 36.2 Å². The Hall–Kier alpha value is -1.58. The maximum Gasteiger partial charge on any atom is 0.129 e. The Morgan fingerprint density at radius 3 is 2.63 bits per heavy atom. The standard InChI is InChI=1S/C15H16ClFN2/c1-19(9-11-3-2-4-13(16)7-11)10-12-5-6-14(18)8-15(12)17/h2-8H,9-10,18H2,1H3. The van der Waals surface area contributed by atoms with E-state index in [2.05, 4.69) is 0 Å². The van der Waals surface area contributed by atoms with E-state index in [0.717, 1.165) is 5.56 Å². The largest absolute Gasteiger partial charge is 0.399 e. The molecule has 0 saturated carbocycles. The predicted molar refractivity (Wildman–Crippen MR) is 77.4 cm³/mol. The van der Waals surface area contributed by atoms with E-state index < -0.39 is 0 Å². The lowest BCUT2D eigenvalue weighted by molar-refractivity contribution is 0.313. The zero-order valence-electron chi connectivity index (χ0n) is 10.7. The maximum atomic E-state index is 13.7. The average Bonchev–Trinajstić information content (AvgIpc) is 2.33. The maximum absolute atomic E-state index is 13.7. The van der Waals surface area contributed by atoms with Gasteiger partial charge in [-0.25, -0.2) is 4.39 Å². The van der Waals surface area contributed by atoms with Crippen molar-refractivity contribution in [1.82, 2.24) is 4.90 Å². The SMILES string of the molecule is CN(Cc1cccc(Cl)c1)Cc1ccc(N)cc1F. The van der Waals surface area contributed by atoms with Crippen LogP contribution in [0.15, 0.2) is 42.5 Å². The molecule has 19 heavy (non-hydrogen) atoms. The van der Waals surface area contributed by atoms with Crippen LogP contribution in [0.2, 0.25) is 5.02 Å². The molecule has 0 bridgehead atoms. The van der Waals surface area contributed by atoms with Gasteiger partial charge in [-0.15, -0.1) is 0 Å². The van der Waals surface area contributed by atoms with E-state index in [1.165, 1.54) is 6.07 Å². The van der Waals surface area contributed by atoms with Gasteiger partial charge in [0, 0.05) is 29.4 Å². The van der Waals surface area contributed by atoms with Crippen molar-refractivity contribution in [1.29, 1.82) is 0 Å². The van der Waals surface area contributed by atoms with Gasteiger partial charge in [-0.1, -0.05) is 29.8 Å². The Labute approximate surface area is 117 Å². The quantitative estimate of drug-likeness (QED) is 0.864. The molecule has 0 spiro atoms. The highest BCUT2D eigenvalue weighted by Crippen LogP contribution is 2.16. The lowest BCUT2D eigenvalue weighted by Gasteiger charge is -2.17. The van der Waals surface area contributed by atoms with Crippen LogP contribution in [0.4, 0.5) is 10.1 Å². The first-order chi connectivity index (χ1) is 9.04. The average molecular weight is 279 g/mol.